The molecule has 0 spiro atoms. The molecule has 76 heavy (non-hydrogen) atoms. The first-order valence-corrected chi connectivity index (χ1v) is 26.6. The molecule has 348 valence electrons. The molecule has 0 amide bonds. The van der Waals surface area contributed by atoms with Crippen LogP contribution in [0.5, 0.6) is 0 Å². The Morgan fingerprint density at radius 2 is 0.368 bits per heavy atom. The van der Waals surface area contributed by atoms with Crippen molar-refractivity contribution in [3.63, 3.8) is 0 Å². The largest absolute Gasteiger partial charge is 0.0622 e. The van der Waals surface area contributed by atoms with Crippen LogP contribution in [0.2, 0.25) is 0 Å². The van der Waals surface area contributed by atoms with Gasteiger partial charge in [0.05, 0.1) is 0 Å². The van der Waals surface area contributed by atoms with E-state index in [9.17, 15) is 0 Å². The second kappa shape index (κ2) is 15.8. The molecule has 0 N–H and O–H groups in total. The van der Waals surface area contributed by atoms with Gasteiger partial charge in [0, 0.05) is 0 Å². The average molecular weight is 957 g/mol. The van der Waals surface area contributed by atoms with E-state index in [4.69, 9.17) is 0 Å². The molecule has 0 radical (unpaired) electrons. The minimum atomic E-state index is 1.22. The Labute approximate surface area is 440 Å². The molecule has 0 saturated carbocycles. The highest BCUT2D eigenvalue weighted by Gasteiger charge is 2.35. The second-order valence-corrected chi connectivity index (χ2v) is 20.9. The summed E-state index contributed by atoms with van der Waals surface area (Å²) < 4.78 is 0. The number of benzene rings is 15. The molecule has 15 aromatic carbocycles. The molecule has 17 rings (SSSR count). The molecule has 0 aliphatic heterocycles. The zero-order valence-corrected chi connectivity index (χ0v) is 41.4. The smallest absolute Gasteiger partial charge is 0.000740 e. The minimum Gasteiger partial charge on any atom is -0.0622 e. The van der Waals surface area contributed by atoms with E-state index in [0.29, 0.717) is 0 Å². The second-order valence-electron chi connectivity index (χ2n) is 20.9. The lowest BCUT2D eigenvalue weighted by molar-refractivity contribution is 1.61. The summed E-state index contributed by atoms with van der Waals surface area (Å²) in [6.07, 6.45) is 0. The van der Waals surface area contributed by atoms with Gasteiger partial charge in [-0.15, -0.1) is 0 Å². The third kappa shape index (κ3) is 5.68. The zero-order chi connectivity index (χ0) is 49.6. The van der Waals surface area contributed by atoms with E-state index >= 15 is 0 Å². The van der Waals surface area contributed by atoms with E-state index in [1.54, 1.807) is 0 Å². The van der Waals surface area contributed by atoms with E-state index < -0.39 is 0 Å². The summed E-state index contributed by atoms with van der Waals surface area (Å²) in [4.78, 5) is 0. The average Bonchev–Trinajstić information content (AvgIpc) is 4.07. The van der Waals surface area contributed by atoms with Crippen molar-refractivity contribution in [1.29, 1.82) is 0 Å². The SMILES string of the molecule is c1ccc(-c2ccc3c(-c4ccccc4)c4c(c(-c5ccccc5)c3c2)-c2ccc3c5ccc6c7c(ccc(c8ccc-4c2c83)c75)-c2c-6c(-c3ccccc3)c3ccc(-c4ccccc4)cc3c2-c2ccccc2)cc1. The Bertz CT molecular complexity index is 4570. The van der Waals surface area contributed by atoms with Crippen LogP contribution in [-0.4, -0.2) is 0 Å². The summed E-state index contributed by atoms with van der Waals surface area (Å²) in [6.45, 7) is 0. The third-order valence-electron chi connectivity index (χ3n) is 17.1. The summed E-state index contributed by atoms with van der Waals surface area (Å²) in [7, 11) is 0. The van der Waals surface area contributed by atoms with E-state index in [0.717, 1.165) is 0 Å². The van der Waals surface area contributed by atoms with Crippen LogP contribution in [0.1, 0.15) is 0 Å². The lowest BCUT2D eigenvalue weighted by Gasteiger charge is -2.21. The number of rotatable bonds is 6. The van der Waals surface area contributed by atoms with Crippen molar-refractivity contribution in [2.45, 2.75) is 0 Å². The highest BCUT2D eigenvalue weighted by Crippen LogP contribution is 2.63. The van der Waals surface area contributed by atoms with Crippen LogP contribution in [-0.2, 0) is 0 Å². The first kappa shape index (κ1) is 41.6. The van der Waals surface area contributed by atoms with Gasteiger partial charge in [-0.1, -0.05) is 255 Å². The molecular formula is C76H44. The van der Waals surface area contributed by atoms with Crippen LogP contribution in [0.15, 0.2) is 267 Å². The van der Waals surface area contributed by atoms with Crippen LogP contribution in [0.25, 0.3) is 176 Å². The van der Waals surface area contributed by atoms with E-state index in [-0.39, 0.29) is 0 Å². The molecule has 0 atom stereocenters. The van der Waals surface area contributed by atoms with Crippen LogP contribution >= 0.6 is 0 Å². The lowest BCUT2D eigenvalue weighted by atomic mass is 9.82. The van der Waals surface area contributed by atoms with Crippen molar-refractivity contribution in [3.8, 4) is 111 Å². The van der Waals surface area contributed by atoms with Gasteiger partial charge in [-0.05, 0) is 188 Å². The predicted octanol–water partition coefficient (Wildman–Crippen LogP) is 21.3. The van der Waals surface area contributed by atoms with Crippen LogP contribution < -0.4 is 0 Å². The quantitative estimate of drug-likeness (QED) is 0.115. The lowest BCUT2D eigenvalue weighted by Crippen LogP contribution is -1.94. The van der Waals surface area contributed by atoms with Crippen molar-refractivity contribution < 1.29 is 0 Å². The molecular weight excluding hydrogens is 913 g/mol. The highest BCUT2D eigenvalue weighted by atomic mass is 14.4. The molecule has 0 bridgehead atoms. The zero-order valence-electron chi connectivity index (χ0n) is 41.4. The Morgan fingerprint density at radius 3 is 0.645 bits per heavy atom. The van der Waals surface area contributed by atoms with Gasteiger partial charge >= 0.3 is 0 Å². The Kier molecular flexibility index (Phi) is 8.65. The van der Waals surface area contributed by atoms with E-state index in [1.165, 1.54) is 176 Å². The molecule has 0 unspecified atom stereocenters. The van der Waals surface area contributed by atoms with Crippen molar-refractivity contribution >= 4 is 64.6 Å². The van der Waals surface area contributed by atoms with Gasteiger partial charge in [-0.3, -0.25) is 0 Å². The molecule has 0 heteroatoms. The van der Waals surface area contributed by atoms with Gasteiger partial charge < -0.3 is 0 Å². The van der Waals surface area contributed by atoms with Gasteiger partial charge in [0.15, 0.2) is 0 Å². The summed E-state index contributed by atoms with van der Waals surface area (Å²) in [6, 6.07) is 100. The summed E-state index contributed by atoms with van der Waals surface area (Å²) in [5.41, 5.74) is 25.5. The molecule has 2 aliphatic carbocycles. The monoisotopic (exact) mass is 956 g/mol. The molecule has 0 heterocycles. The fourth-order valence-corrected chi connectivity index (χ4v) is 14.0. The van der Waals surface area contributed by atoms with Gasteiger partial charge in [0.25, 0.3) is 0 Å². The maximum absolute atomic E-state index is 2.46. The van der Waals surface area contributed by atoms with Crippen molar-refractivity contribution in [2.24, 2.45) is 0 Å². The summed E-state index contributed by atoms with van der Waals surface area (Å²) >= 11 is 0. The van der Waals surface area contributed by atoms with Crippen molar-refractivity contribution in [3.05, 3.63) is 267 Å². The molecule has 2 aliphatic rings. The first-order chi connectivity index (χ1) is 37.8. The maximum Gasteiger partial charge on any atom is -0.000740 e. The third-order valence-corrected chi connectivity index (χ3v) is 17.1. The maximum atomic E-state index is 2.46. The molecule has 15 aromatic rings. The molecule has 0 saturated heterocycles. The van der Waals surface area contributed by atoms with E-state index in [1.807, 2.05) is 0 Å². The first-order valence-electron chi connectivity index (χ1n) is 26.6. The molecule has 0 fully saturated rings. The number of hydrogen-bond acceptors (Lipinski definition) is 0. The van der Waals surface area contributed by atoms with Crippen LogP contribution in [0.4, 0.5) is 0 Å². The predicted molar refractivity (Wildman–Crippen MR) is 324 cm³/mol. The Balaban J connectivity index is 0.985. The molecule has 0 aromatic heterocycles. The van der Waals surface area contributed by atoms with Crippen molar-refractivity contribution in [2.75, 3.05) is 0 Å². The topological polar surface area (TPSA) is 0 Å². The minimum absolute atomic E-state index is 1.22. The molecule has 0 nitrogen and oxygen atoms in total. The van der Waals surface area contributed by atoms with Crippen LogP contribution in [0.3, 0.4) is 0 Å². The number of hydrogen-bond donors (Lipinski definition) is 0. The van der Waals surface area contributed by atoms with Gasteiger partial charge in [-0.25, -0.2) is 0 Å². The van der Waals surface area contributed by atoms with E-state index in [2.05, 4.69) is 267 Å². The number of fused-ring (bicyclic) bond motifs is 10. The van der Waals surface area contributed by atoms with Gasteiger partial charge in [0.2, 0.25) is 0 Å². The van der Waals surface area contributed by atoms with Crippen LogP contribution in [0, 0.1) is 0 Å². The fourth-order valence-electron chi connectivity index (χ4n) is 14.0. The summed E-state index contributed by atoms with van der Waals surface area (Å²) in [5.74, 6) is 0. The summed E-state index contributed by atoms with van der Waals surface area (Å²) in [5, 5.41) is 15.7. The Morgan fingerprint density at radius 1 is 0.132 bits per heavy atom. The Hall–Kier alpha value is -9.88. The van der Waals surface area contributed by atoms with Crippen molar-refractivity contribution in [1.82, 2.24) is 0 Å². The van der Waals surface area contributed by atoms with Gasteiger partial charge in [-0.2, -0.15) is 0 Å². The van der Waals surface area contributed by atoms with Gasteiger partial charge in [0.1, 0.15) is 0 Å². The normalized spacial score (nSPS) is 12.2. The highest BCUT2D eigenvalue weighted by molar-refractivity contribution is 6.42. The standard InChI is InChI=1S/C76H44/c1-7-19-45(20-8-1)51-31-33-57-63(43-51)67(49-27-15-5-16-28-49)75-61-41-37-55-54-36-40-60-72-62(42-38-56(70(54)72)53-35-39-59(71(61)69(53)55)73(75)65(57)47-23-11-3-12-24-47)76-68(50-29-17-6-18-30-50)64-44-52(46-21-9-2-10-22-46)32-34-58(64)66(74(60)76)48-25-13-4-14-26-48/h1-44H. The fraction of sp³-hybridized carbons (Fsp3) is 0.